The van der Waals surface area contributed by atoms with Gasteiger partial charge in [0.1, 0.15) is 6.04 Å². The molecule has 0 aliphatic heterocycles. The number of aryl methyl sites for hydroxylation is 1. The summed E-state index contributed by atoms with van der Waals surface area (Å²) in [5.41, 5.74) is 7.83. The summed E-state index contributed by atoms with van der Waals surface area (Å²) < 4.78 is 4.72. The smallest absolute Gasteiger partial charge is 0.322 e. The van der Waals surface area contributed by atoms with Crippen LogP contribution in [0.2, 0.25) is 0 Å². The van der Waals surface area contributed by atoms with E-state index in [9.17, 15) is 4.79 Å². The highest BCUT2D eigenvalue weighted by Crippen LogP contribution is 2.04. The third-order valence-electron chi connectivity index (χ3n) is 2.61. The van der Waals surface area contributed by atoms with Crippen molar-refractivity contribution in [2.75, 3.05) is 13.7 Å². The SMILES string of the molecule is COC(=O)C(CCN)NCc1ccc(C)cc1.Cl. The van der Waals surface area contributed by atoms with Crippen LogP contribution in [0.15, 0.2) is 24.3 Å². The van der Waals surface area contributed by atoms with Gasteiger partial charge in [-0.1, -0.05) is 29.8 Å². The molecule has 0 aliphatic carbocycles. The number of methoxy groups -OCH3 is 1. The van der Waals surface area contributed by atoms with Crippen LogP contribution in [0.25, 0.3) is 0 Å². The van der Waals surface area contributed by atoms with Crippen molar-refractivity contribution in [3.05, 3.63) is 35.4 Å². The molecule has 0 bridgehead atoms. The highest BCUT2D eigenvalue weighted by Gasteiger charge is 2.16. The number of hydrogen-bond acceptors (Lipinski definition) is 4. The zero-order valence-electron chi connectivity index (χ0n) is 10.8. The molecular weight excluding hydrogens is 252 g/mol. The molecule has 1 atom stereocenters. The Bertz CT molecular complexity index is 355. The predicted octanol–water partition coefficient (Wildman–Crippen LogP) is 1.40. The number of benzene rings is 1. The molecule has 5 heteroatoms. The summed E-state index contributed by atoms with van der Waals surface area (Å²) in [6, 6.07) is 7.85. The van der Waals surface area contributed by atoms with Crippen molar-refractivity contribution in [2.45, 2.75) is 25.9 Å². The normalized spacial score (nSPS) is 11.5. The van der Waals surface area contributed by atoms with Crippen LogP contribution in [0.5, 0.6) is 0 Å². The van der Waals surface area contributed by atoms with E-state index in [1.165, 1.54) is 12.7 Å². The second kappa shape index (κ2) is 8.91. The van der Waals surface area contributed by atoms with Crippen LogP contribution < -0.4 is 11.1 Å². The fourth-order valence-electron chi connectivity index (χ4n) is 1.56. The maximum absolute atomic E-state index is 11.4. The number of ether oxygens (including phenoxy) is 1. The Labute approximate surface area is 114 Å². The first kappa shape index (κ1) is 16.9. The third kappa shape index (κ3) is 5.49. The molecule has 1 aromatic rings. The minimum absolute atomic E-state index is 0. The lowest BCUT2D eigenvalue weighted by Gasteiger charge is -2.15. The molecule has 0 radical (unpaired) electrons. The molecule has 0 spiro atoms. The Morgan fingerprint density at radius 1 is 1.39 bits per heavy atom. The van der Waals surface area contributed by atoms with Crippen molar-refractivity contribution in [2.24, 2.45) is 5.73 Å². The van der Waals surface area contributed by atoms with Gasteiger partial charge in [0.15, 0.2) is 0 Å². The lowest BCUT2D eigenvalue weighted by atomic mass is 10.1. The number of nitrogens with one attached hydrogen (secondary N) is 1. The zero-order chi connectivity index (χ0) is 12.7. The second-order valence-corrected chi connectivity index (χ2v) is 4.02. The van der Waals surface area contributed by atoms with Crippen molar-refractivity contribution in [1.82, 2.24) is 5.32 Å². The van der Waals surface area contributed by atoms with E-state index in [2.05, 4.69) is 5.32 Å². The standard InChI is InChI=1S/C13H20N2O2.ClH/c1-10-3-5-11(6-4-10)9-15-12(7-8-14)13(16)17-2;/h3-6,12,15H,7-9,14H2,1-2H3;1H. The number of carbonyl (C=O) groups excluding carboxylic acids is 1. The first-order valence-electron chi connectivity index (χ1n) is 5.74. The Balaban J connectivity index is 0.00000289. The number of rotatable bonds is 6. The molecule has 4 nitrogen and oxygen atoms in total. The Kier molecular flexibility index (Phi) is 8.37. The number of carbonyl (C=O) groups is 1. The first-order valence-corrected chi connectivity index (χ1v) is 5.74. The van der Waals surface area contributed by atoms with E-state index < -0.39 is 0 Å². The number of hydrogen-bond donors (Lipinski definition) is 2. The van der Waals surface area contributed by atoms with E-state index in [0.717, 1.165) is 5.56 Å². The number of esters is 1. The van der Waals surface area contributed by atoms with Gasteiger partial charge in [-0.15, -0.1) is 12.4 Å². The molecule has 0 saturated heterocycles. The molecule has 0 amide bonds. The van der Waals surface area contributed by atoms with Crippen LogP contribution in [-0.2, 0) is 16.1 Å². The topological polar surface area (TPSA) is 64.3 Å². The van der Waals surface area contributed by atoms with Crippen molar-refractivity contribution < 1.29 is 9.53 Å². The monoisotopic (exact) mass is 272 g/mol. The summed E-state index contributed by atoms with van der Waals surface area (Å²) >= 11 is 0. The Hall–Kier alpha value is -1.10. The average Bonchev–Trinajstić information content (AvgIpc) is 2.35. The van der Waals surface area contributed by atoms with Gasteiger partial charge in [0.25, 0.3) is 0 Å². The zero-order valence-corrected chi connectivity index (χ0v) is 11.6. The molecule has 0 aliphatic rings. The van der Waals surface area contributed by atoms with Gasteiger partial charge >= 0.3 is 5.97 Å². The lowest BCUT2D eigenvalue weighted by molar-refractivity contribution is -0.143. The van der Waals surface area contributed by atoms with Crippen LogP contribution in [-0.4, -0.2) is 25.7 Å². The van der Waals surface area contributed by atoms with Gasteiger partial charge < -0.3 is 15.8 Å². The largest absolute Gasteiger partial charge is 0.468 e. The summed E-state index contributed by atoms with van der Waals surface area (Å²) in [6.07, 6.45) is 0.582. The summed E-state index contributed by atoms with van der Waals surface area (Å²) in [5.74, 6) is -0.262. The summed E-state index contributed by atoms with van der Waals surface area (Å²) in [7, 11) is 1.39. The maximum atomic E-state index is 11.4. The molecule has 3 N–H and O–H groups in total. The van der Waals surface area contributed by atoms with Crippen molar-refractivity contribution in [1.29, 1.82) is 0 Å². The fourth-order valence-corrected chi connectivity index (χ4v) is 1.56. The van der Waals surface area contributed by atoms with Gasteiger partial charge in [0.2, 0.25) is 0 Å². The molecule has 0 saturated carbocycles. The van der Waals surface area contributed by atoms with Gasteiger partial charge in [-0.05, 0) is 25.5 Å². The summed E-state index contributed by atoms with van der Waals surface area (Å²) in [6.45, 7) is 3.14. The van der Waals surface area contributed by atoms with E-state index in [0.29, 0.717) is 19.5 Å². The molecule has 18 heavy (non-hydrogen) atoms. The summed E-state index contributed by atoms with van der Waals surface area (Å²) in [4.78, 5) is 11.4. The van der Waals surface area contributed by atoms with Crippen molar-refractivity contribution >= 4 is 18.4 Å². The number of halogens is 1. The minimum atomic E-state index is -0.327. The Morgan fingerprint density at radius 3 is 2.50 bits per heavy atom. The lowest BCUT2D eigenvalue weighted by Crippen LogP contribution is -2.38. The molecule has 1 unspecified atom stereocenters. The van der Waals surface area contributed by atoms with E-state index in [1.54, 1.807) is 0 Å². The van der Waals surface area contributed by atoms with Crippen LogP contribution in [0.4, 0.5) is 0 Å². The number of nitrogens with two attached hydrogens (primary N) is 1. The van der Waals surface area contributed by atoms with Crippen LogP contribution in [0, 0.1) is 6.92 Å². The van der Waals surface area contributed by atoms with Gasteiger partial charge in [0.05, 0.1) is 7.11 Å². The second-order valence-electron chi connectivity index (χ2n) is 4.02. The average molecular weight is 273 g/mol. The van der Waals surface area contributed by atoms with Crippen LogP contribution in [0.1, 0.15) is 17.5 Å². The molecule has 0 aromatic heterocycles. The molecule has 0 fully saturated rings. The highest BCUT2D eigenvalue weighted by atomic mass is 35.5. The Morgan fingerprint density at radius 2 is 2.00 bits per heavy atom. The van der Waals surface area contributed by atoms with Crippen molar-refractivity contribution in [3.8, 4) is 0 Å². The first-order chi connectivity index (χ1) is 8.17. The quantitative estimate of drug-likeness (QED) is 0.769. The predicted molar refractivity (Wildman–Crippen MR) is 74.7 cm³/mol. The molecule has 0 heterocycles. The van der Waals surface area contributed by atoms with E-state index in [1.807, 2.05) is 31.2 Å². The highest BCUT2D eigenvalue weighted by molar-refractivity contribution is 5.85. The van der Waals surface area contributed by atoms with Gasteiger partial charge in [-0.25, -0.2) is 0 Å². The summed E-state index contributed by atoms with van der Waals surface area (Å²) in [5, 5.41) is 3.15. The van der Waals surface area contributed by atoms with Gasteiger partial charge in [0, 0.05) is 6.54 Å². The maximum Gasteiger partial charge on any atom is 0.322 e. The third-order valence-corrected chi connectivity index (χ3v) is 2.61. The van der Waals surface area contributed by atoms with Crippen LogP contribution >= 0.6 is 12.4 Å². The van der Waals surface area contributed by atoms with Gasteiger partial charge in [-0.2, -0.15) is 0 Å². The fraction of sp³-hybridized carbons (Fsp3) is 0.462. The van der Waals surface area contributed by atoms with E-state index in [-0.39, 0.29) is 24.4 Å². The minimum Gasteiger partial charge on any atom is -0.468 e. The van der Waals surface area contributed by atoms with E-state index >= 15 is 0 Å². The van der Waals surface area contributed by atoms with Crippen LogP contribution in [0.3, 0.4) is 0 Å². The molecule has 1 aromatic carbocycles. The van der Waals surface area contributed by atoms with Crippen molar-refractivity contribution in [3.63, 3.8) is 0 Å². The molecule has 102 valence electrons. The molecule has 1 rings (SSSR count). The van der Waals surface area contributed by atoms with Gasteiger partial charge in [-0.3, -0.25) is 4.79 Å². The molecular formula is C13H21ClN2O2. The van der Waals surface area contributed by atoms with E-state index in [4.69, 9.17) is 10.5 Å².